The summed E-state index contributed by atoms with van der Waals surface area (Å²) < 4.78 is 1.62. The minimum absolute atomic E-state index is 0.00508. The van der Waals surface area contributed by atoms with Crippen molar-refractivity contribution >= 4 is 39.9 Å². The summed E-state index contributed by atoms with van der Waals surface area (Å²) in [6.45, 7) is 0.330. The molecule has 2 heterocycles. The van der Waals surface area contributed by atoms with Crippen molar-refractivity contribution in [1.82, 2.24) is 25.2 Å². The molecule has 4 aromatic rings. The number of amides is 2. The first-order valence-electron chi connectivity index (χ1n) is 13.2. The summed E-state index contributed by atoms with van der Waals surface area (Å²) in [5.74, 6) is -0.322. The topological polar surface area (TPSA) is 83.4 Å². The minimum Gasteiger partial charge on any atom is -0.378 e. The fourth-order valence-corrected chi connectivity index (χ4v) is 5.80. The number of hydrogen-bond acceptors (Lipinski definition) is 6. The van der Waals surface area contributed by atoms with Gasteiger partial charge in [0.05, 0.1) is 12.1 Å². The Morgan fingerprint density at radius 3 is 2.50 bits per heavy atom. The van der Waals surface area contributed by atoms with Gasteiger partial charge in [-0.1, -0.05) is 54.8 Å². The molecule has 2 aromatic carbocycles. The molecule has 1 aliphatic rings. The van der Waals surface area contributed by atoms with Crippen molar-refractivity contribution in [3.05, 3.63) is 76.5 Å². The molecule has 2 amide bonds. The fraction of sp³-hybridized carbons (Fsp3) is 0.379. The van der Waals surface area contributed by atoms with Crippen LogP contribution in [0, 0.1) is 0 Å². The average molecular weight is 531 g/mol. The van der Waals surface area contributed by atoms with E-state index in [-0.39, 0.29) is 24.4 Å². The first-order chi connectivity index (χ1) is 18.5. The highest BCUT2D eigenvalue weighted by Crippen LogP contribution is 2.29. The molecule has 1 aliphatic carbocycles. The van der Waals surface area contributed by atoms with Crippen LogP contribution in [0.2, 0.25) is 0 Å². The lowest BCUT2D eigenvalue weighted by Crippen LogP contribution is -2.47. The Balaban J connectivity index is 1.50. The molecule has 8 nitrogen and oxygen atoms in total. The number of aromatic nitrogens is 3. The monoisotopic (exact) mass is 530 g/mol. The van der Waals surface area contributed by atoms with Crippen molar-refractivity contribution in [1.29, 1.82) is 0 Å². The van der Waals surface area contributed by atoms with Crippen molar-refractivity contribution in [2.75, 3.05) is 19.0 Å². The quantitative estimate of drug-likeness (QED) is 0.337. The lowest BCUT2D eigenvalue weighted by molar-refractivity contribution is -0.142. The molecule has 0 radical (unpaired) electrons. The molecule has 0 bridgehead atoms. The van der Waals surface area contributed by atoms with Crippen LogP contribution >= 0.6 is 11.3 Å². The molecule has 9 heteroatoms. The zero-order valence-corrected chi connectivity index (χ0v) is 22.7. The molecule has 1 fully saturated rings. The van der Waals surface area contributed by atoms with Gasteiger partial charge >= 0.3 is 0 Å². The number of nitrogens with one attached hydrogen (secondary N) is 1. The van der Waals surface area contributed by atoms with Gasteiger partial charge in [-0.2, -0.15) is 0 Å². The van der Waals surface area contributed by atoms with Crippen LogP contribution in [0.4, 0.5) is 5.69 Å². The lowest BCUT2D eigenvalue weighted by atomic mass is 9.94. The van der Waals surface area contributed by atoms with Crippen LogP contribution in [0.1, 0.15) is 48.6 Å². The second kappa shape index (κ2) is 11.8. The molecule has 0 aliphatic heterocycles. The molecule has 198 valence electrons. The van der Waals surface area contributed by atoms with Crippen LogP contribution in [-0.2, 0) is 22.7 Å². The number of carbonyl (C=O) groups is 2. The van der Waals surface area contributed by atoms with Crippen LogP contribution in [0.25, 0.3) is 11.0 Å². The Bertz CT molecular complexity index is 1360. The lowest BCUT2D eigenvalue weighted by Gasteiger charge is -2.33. The summed E-state index contributed by atoms with van der Waals surface area (Å²) >= 11 is 1.58. The number of carbonyl (C=O) groups excluding carboxylic acids is 2. The number of hydrogen-bond donors (Lipinski definition) is 1. The van der Waals surface area contributed by atoms with Crippen LogP contribution in [0.5, 0.6) is 0 Å². The molecular formula is C29H34N6O2S. The van der Waals surface area contributed by atoms with E-state index in [1.54, 1.807) is 20.9 Å². The third-order valence-corrected chi connectivity index (χ3v) is 8.03. The van der Waals surface area contributed by atoms with Gasteiger partial charge in [-0.3, -0.25) is 9.59 Å². The van der Waals surface area contributed by atoms with Crippen molar-refractivity contribution in [3.8, 4) is 0 Å². The predicted octanol–water partition coefficient (Wildman–Crippen LogP) is 4.78. The van der Waals surface area contributed by atoms with Gasteiger partial charge in [0.15, 0.2) is 0 Å². The smallest absolute Gasteiger partial charge is 0.247 e. The number of para-hydroxylation sites is 1. The average Bonchev–Trinajstić information content (AvgIpc) is 3.59. The highest BCUT2D eigenvalue weighted by molar-refractivity contribution is 7.09. The van der Waals surface area contributed by atoms with Crippen molar-refractivity contribution < 1.29 is 9.59 Å². The molecule has 0 spiro atoms. The van der Waals surface area contributed by atoms with Gasteiger partial charge in [-0.05, 0) is 54.1 Å². The summed E-state index contributed by atoms with van der Waals surface area (Å²) in [5, 5.41) is 13.7. The maximum absolute atomic E-state index is 14.0. The molecule has 0 unspecified atom stereocenters. The van der Waals surface area contributed by atoms with E-state index in [0.717, 1.165) is 52.8 Å². The van der Waals surface area contributed by atoms with E-state index < -0.39 is 6.04 Å². The van der Waals surface area contributed by atoms with Crippen LogP contribution in [0.3, 0.4) is 0 Å². The SMILES string of the molecule is CN(C)c1ccc([C@H](C(=O)NC2CCCCC2)N(Cc2cccs2)C(=O)Cn2nnc3ccccc32)cc1. The number of benzene rings is 2. The number of nitrogens with zero attached hydrogens (tertiary/aromatic N) is 5. The van der Waals surface area contributed by atoms with Crippen LogP contribution in [0.15, 0.2) is 66.0 Å². The molecule has 5 rings (SSSR count). The summed E-state index contributed by atoms with van der Waals surface area (Å²) in [6.07, 6.45) is 5.38. The fourth-order valence-electron chi connectivity index (χ4n) is 5.10. The summed E-state index contributed by atoms with van der Waals surface area (Å²) in [6, 6.07) is 18.8. The number of thiophene rings is 1. The van der Waals surface area contributed by atoms with Gasteiger partial charge in [-0.15, -0.1) is 16.4 Å². The summed E-state index contributed by atoms with van der Waals surface area (Å²) in [5.41, 5.74) is 3.34. The Labute approximate surface area is 227 Å². The van der Waals surface area contributed by atoms with Crippen molar-refractivity contribution in [2.24, 2.45) is 0 Å². The van der Waals surface area contributed by atoms with E-state index in [4.69, 9.17) is 0 Å². The van der Waals surface area contributed by atoms with Crippen molar-refractivity contribution in [2.45, 2.75) is 57.3 Å². The first-order valence-corrected chi connectivity index (χ1v) is 14.1. The second-order valence-electron chi connectivity index (χ2n) is 10.1. The van der Waals surface area contributed by atoms with Crippen LogP contribution < -0.4 is 10.2 Å². The Hall–Kier alpha value is -3.72. The molecule has 1 atom stereocenters. The van der Waals surface area contributed by atoms with E-state index in [1.165, 1.54) is 6.42 Å². The number of anilines is 1. The van der Waals surface area contributed by atoms with Gasteiger partial charge in [-0.25, -0.2) is 4.68 Å². The molecule has 1 saturated carbocycles. The molecule has 1 N–H and O–H groups in total. The zero-order valence-electron chi connectivity index (χ0n) is 21.9. The molecule has 38 heavy (non-hydrogen) atoms. The first kappa shape index (κ1) is 25.9. The van der Waals surface area contributed by atoms with E-state index in [1.807, 2.05) is 85.0 Å². The normalized spacial score (nSPS) is 14.8. The van der Waals surface area contributed by atoms with Gasteiger partial charge in [0.1, 0.15) is 18.1 Å². The van der Waals surface area contributed by atoms with Crippen molar-refractivity contribution in [3.63, 3.8) is 0 Å². The maximum Gasteiger partial charge on any atom is 0.247 e. The molecule has 0 saturated heterocycles. The minimum atomic E-state index is -0.766. The van der Waals surface area contributed by atoms with Gasteiger partial charge < -0.3 is 15.1 Å². The molecular weight excluding hydrogens is 496 g/mol. The Kier molecular flexibility index (Phi) is 8.03. The summed E-state index contributed by atoms with van der Waals surface area (Å²) in [4.78, 5) is 32.7. The number of fused-ring (bicyclic) bond motifs is 1. The van der Waals surface area contributed by atoms with E-state index in [9.17, 15) is 9.59 Å². The third kappa shape index (κ3) is 5.88. The van der Waals surface area contributed by atoms with Gasteiger partial charge in [0.25, 0.3) is 0 Å². The van der Waals surface area contributed by atoms with Crippen LogP contribution in [-0.4, -0.2) is 51.8 Å². The predicted molar refractivity (Wildman–Crippen MR) is 151 cm³/mol. The van der Waals surface area contributed by atoms with E-state index >= 15 is 0 Å². The highest BCUT2D eigenvalue weighted by Gasteiger charge is 2.33. The van der Waals surface area contributed by atoms with Gasteiger partial charge in [0, 0.05) is 30.7 Å². The van der Waals surface area contributed by atoms with E-state index in [2.05, 4.69) is 15.6 Å². The Morgan fingerprint density at radius 1 is 1.03 bits per heavy atom. The standard InChI is InChI=1S/C29H34N6O2S/c1-33(2)23-16-14-21(15-17-23)28(29(37)30-22-9-4-3-5-10-22)34(19-24-11-8-18-38-24)27(36)20-35-26-13-7-6-12-25(26)31-32-35/h6-8,11-18,22,28H,3-5,9-10,19-20H2,1-2H3,(H,30,37)/t28-/m1/s1. The number of rotatable bonds is 9. The summed E-state index contributed by atoms with van der Waals surface area (Å²) in [7, 11) is 3.97. The van der Waals surface area contributed by atoms with E-state index in [0.29, 0.717) is 6.54 Å². The maximum atomic E-state index is 14.0. The highest BCUT2D eigenvalue weighted by atomic mass is 32.1. The molecule has 2 aromatic heterocycles. The zero-order chi connectivity index (χ0) is 26.5. The largest absolute Gasteiger partial charge is 0.378 e. The van der Waals surface area contributed by atoms with Gasteiger partial charge in [0.2, 0.25) is 11.8 Å². The second-order valence-corrected chi connectivity index (χ2v) is 11.1. The third-order valence-electron chi connectivity index (χ3n) is 7.17. The Morgan fingerprint density at radius 2 is 1.79 bits per heavy atom.